The molecule has 0 radical (unpaired) electrons. The highest BCUT2D eigenvalue weighted by atomic mass is 32.2. The molecule has 2 N–H and O–H groups in total. The molecule has 2 aromatic rings. The van der Waals surface area contributed by atoms with Crippen LogP contribution in [0.15, 0.2) is 53.4 Å². The Hall–Kier alpha value is -2.87. The van der Waals surface area contributed by atoms with Crippen molar-refractivity contribution >= 4 is 15.7 Å². The van der Waals surface area contributed by atoms with Crippen LogP contribution in [-0.2, 0) is 14.6 Å². The second-order valence-corrected chi connectivity index (χ2v) is 10.5. The van der Waals surface area contributed by atoms with Gasteiger partial charge in [-0.25, -0.2) is 13.9 Å². The molecular formula is C23H28F3N3O6S. The lowest BCUT2D eigenvalue weighted by Crippen LogP contribution is -2.45. The Labute approximate surface area is 207 Å². The number of alkyl halides is 3. The number of rotatable bonds is 10. The smallest absolute Gasteiger partial charge is 0.457 e. The second-order valence-electron chi connectivity index (χ2n) is 8.48. The molecule has 1 aliphatic heterocycles. The summed E-state index contributed by atoms with van der Waals surface area (Å²) in [4.78, 5) is 16.5. The van der Waals surface area contributed by atoms with Gasteiger partial charge in [-0.2, -0.15) is 0 Å². The van der Waals surface area contributed by atoms with Crippen molar-refractivity contribution in [2.75, 3.05) is 45.5 Å². The van der Waals surface area contributed by atoms with Crippen LogP contribution in [0.3, 0.4) is 0 Å². The molecule has 0 saturated carbocycles. The van der Waals surface area contributed by atoms with Gasteiger partial charge in [0.05, 0.1) is 16.6 Å². The Balaban J connectivity index is 1.61. The molecule has 1 atom stereocenters. The van der Waals surface area contributed by atoms with Crippen molar-refractivity contribution in [3.05, 3.63) is 48.5 Å². The Morgan fingerprint density at radius 3 is 2.06 bits per heavy atom. The quantitative estimate of drug-likeness (QED) is 0.356. The van der Waals surface area contributed by atoms with Crippen LogP contribution in [0, 0.1) is 5.92 Å². The molecule has 1 saturated heterocycles. The third-order valence-corrected chi connectivity index (χ3v) is 7.60. The van der Waals surface area contributed by atoms with E-state index in [1.165, 1.54) is 36.4 Å². The normalized spacial score (nSPS) is 16.4. The lowest BCUT2D eigenvalue weighted by molar-refractivity contribution is -0.274. The fraction of sp³-hybridized carbons (Fsp3) is 0.435. The number of piperazine rings is 1. The predicted octanol–water partition coefficient (Wildman–Crippen LogP) is 2.91. The molecule has 1 unspecified atom stereocenters. The molecule has 1 aliphatic rings. The summed E-state index contributed by atoms with van der Waals surface area (Å²) in [5.74, 6) is -2.08. The summed E-state index contributed by atoms with van der Waals surface area (Å²) < 4.78 is 72.0. The number of hydroxylamine groups is 1. The average Bonchev–Trinajstić information content (AvgIpc) is 2.83. The number of benzene rings is 2. The van der Waals surface area contributed by atoms with Crippen molar-refractivity contribution in [2.45, 2.75) is 17.7 Å². The van der Waals surface area contributed by atoms with Gasteiger partial charge in [0.25, 0.3) is 0 Å². The van der Waals surface area contributed by atoms with E-state index in [1.54, 1.807) is 5.48 Å². The van der Waals surface area contributed by atoms with Crippen molar-refractivity contribution in [1.29, 1.82) is 0 Å². The molecule has 0 spiro atoms. The SMILES string of the molecule is CN1CCN(CCC(CS(=O)(=O)c2ccc(Oc3ccc(OC(F)(F)F)cc3)cc2)C(=O)NO)CC1. The van der Waals surface area contributed by atoms with E-state index in [2.05, 4.69) is 14.5 Å². The van der Waals surface area contributed by atoms with Gasteiger partial charge in [-0.15, -0.1) is 13.2 Å². The molecular weight excluding hydrogens is 503 g/mol. The molecule has 2 aromatic carbocycles. The van der Waals surface area contributed by atoms with E-state index in [9.17, 15) is 26.4 Å². The fourth-order valence-electron chi connectivity index (χ4n) is 3.71. The lowest BCUT2D eigenvalue weighted by atomic mass is 10.1. The van der Waals surface area contributed by atoms with Crippen molar-refractivity contribution < 1.29 is 41.1 Å². The standard InChI is InChI=1S/C23H28F3N3O6S/c1-28-12-14-29(15-13-28)11-10-17(22(30)27-31)16-36(32,33)21-8-6-19(7-9-21)34-18-2-4-20(5-3-18)35-23(24,25)26/h2-9,17,31H,10-16H2,1H3,(H,27,30). The largest absolute Gasteiger partial charge is 0.573 e. The Morgan fingerprint density at radius 2 is 1.53 bits per heavy atom. The minimum Gasteiger partial charge on any atom is -0.457 e. The zero-order chi connectivity index (χ0) is 26.3. The summed E-state index contributed by atoms with van der Waals surface area (Å²) in [6, 6.07) is 10.2. The van der Waals surface area contributed by atoms with Crippen LogP contribution in [0.2, 0.25) is 0 Å². The molecule has 13 heteroatoms. The van der Waals surface area contributed by atoms with E-state index in [0.717, 1.165) is 38.3 Å². The lowest BCUT2D eigenvalue weighted by Gasteiger charge is -2.33. The van der Waals surface area contributed by atoms with Crippen LogP contribution in [0.25, 0.3) is 0 Å². The number of amides is 1. The molecule has 0 bridgehead atoms. The van der Waals surface area contributed by atoms with Crippen molar-refractivity contribution in [1.82, 2.24) is 15.3 Å². The highest BCUT2D eigenvalue weighted by Gasteiger charge is 2.31. The number of carbonyl (C=O) groups is 1. The number of nitrogens with zero attached hydrogens (tertiary/aromatic N) is 2. The zero-order valence-corrected chi connectivity index (χ0v) is 20.4. The van der Waals surface area contributed by atoms with Gasteiger partial charge in [0, 0.05) is 26.2 Å². The molecule has 1 fully saturated rings. The third kappa shape index (κ3) is 8.36. The molecule has 1 amide bonds. The number of hydrogen-bond donors (Lipinski definition) is 2. The summed E-state index contributed by atoms with van der Waals surface area (Å²) in [6.45, 7) is 3.93. The van der Waals surface area contributed by atoms with Crippen LogP contribution in [-0.4, -0.2) is 81.2 Å². The van der Waals surface area contributed by atoms with Gasteiger partial charge >= 0.3 is 6.36 Å². The molecule has 0 aromatic heterocycles. The van der Waals surface area contributed by atoms with Gasteiger partial charge < -0.3 is 19.3 Å². The number of likely N-dealkylation sites (N-methyl/N-ethyl adjacent to an activating group) is 1. The van der Waals surface area contributed by atoms with Gasteiger partial charge in [0.1, 0.15) is 17.2 Å². The highest BCUT2D eigenvalue weighted by molar-refractivity contribution is 7.91. The van der Waals surface area contributed by atoms with E-state index < -0.39 is 39.5 Å². The first-order valence-corrected chi connectivity index (χ1v) is 12.8. The highest BCUT2D eigenvalue weighted by Crippen LogP contribution is 2.28. The van der Waals surface area contributed by atoms with Gasteiger partial charge in [-0.1, -0.05) is 0 Å². The molecule has 198 valence electrons. The maximum Gasteiger partial charge on any atom is 0.573 e. The number of hydrogen-bond acceptors (Lipinski definition) is 8. The first-order valence-electron chi connectivity index (χ1n) is 11.2. The third-order valence-electron chi connectivity index (χ3n) is 5.77. The fourth-order valence-corrected chi connectivity index (χ4v) is 5.30. The van der Waals surface area contributed by atoms with Gasteiger partial charge in [0.15, 0.2) is 9.84 Å². The van der Waals surface area contributed by atoms with E-state index >= 15 is 0 Å². The molecule has 36 heavy (non-hydrogen) atoms. The maximum atomic E-state index is 12.9. The number of carbonyl (C=O) groups excluding carboxylic acids is 1. The number of sulfone groups is 1. The van der Waals surface area contributed by atoms with Crippen LogP contribution in [0.1, 0.15) is 6.42 Å². The first kappa shape index (κ1) is 27.7. The van der Waals surface area contributed by atoms with Crippen molar-refractivity contribution in [3.8, 4) is 17.2 Å². The summed E-state index contributed by atoms with van der Waals surface area (Å²) >= 11 is 0. The Bertz CT molecular complexity index is 1100. The van der Waals surface area contributed by atoms with Crippen LogP contribution < -0.4 is 15.0 Å². The number of nitrogens with one attached hydrogen (secondary N) is 1. The maximum absolute atomic E-state index is 12.9. The minimum absolute atomic E-state index is 0.0286. The number of halogens is 3. The average molecular weight is 532 g/mol. The van der Waals surface area contributed by atoms with E-state index in [0.29, 0.717) is 6.54 Å². The van der Waals surface area contributed by atoms with Crippen LogP contribution in [0.4, 0.5) is 13.2 Å². The van der Waals surface area contributed by atoms with E-state index in [1.807, 2.05) is 7.05 Å². The van der Waals surface area contributed by atoms with Crippen molar-refractivity contribution in [3.63, 3.8) is 0 Å². The summed E-state index contributed by atoms with van der Waals surface area (Å²) in [5.41, 5.74) is 1.57. The van der Waals surface area contributed by atoms with Gasteiger partial charge in [-0.05, 0) is 68.5 Å². The molecule has 0 aliphatic carbocycles. The Morgan fingerprint density at radius 1 is 1.00 bits per heavy atom. The topological polar surface area (TPSA) is 108 Å². The van der Waals surface area contributed by atoms with Crippen molar-refractivity contribution in [2.24, 2.45) is 5.92 Å². The summed E-state index contributed by atoms with van der Waals surface area (Å²) in [5, 5.41) is 9.10. The molecule has 1 heterocycles. The molecule has 3 rings (SSSR count). The molecule has 9 nitrogen and oxygen atoms in total. The second kappa shape index (κ2) is 11.9. The number of ether oxygens (including phenoxy) is 2. The Kier molecular flexibility index (Phi) is 9.17. The van der Waals surface area contributed by atoms with E-state index in [-0.39, 0.29) is 22.8 Å². The summed E-state index contributed by atoms with van der Waals surface area (Å²) in [7, 11) is -1.85. The van der Waals surface area contributed by atoms with Gasteiger partial charge in [-0.3, -0.25) is 10.0 Å². The van der Waals surface area contributed by atoms with Crippen LogP contribution in [0.5, 0.6) is 17.2 Å². The monoisotopic (exact) mass is 531 g/mol. The minimum atomic E-state index is -4.80. The van der Waals surface area contributed by atoms with Gasteiger partial charge in [0.2, 0.25) is 5.91 Å². The van der Waals surface area contributed by atoms with Crippen LogP contribution >= 0.6 is 0 Å². The summed E-state index contributed by atoms with van der Waals surface area (Å²) in [6.07, 6.45) is -4.53. The zero-order valence-electron chi connectivity index (χ0n) is 19.6. The first-order chi connectivity index (χ1) is 16.9. The predicted molar refractivity (Wildman–Crippen MR) is 124 cm³/mol. The van der Waals surface area contributed by atoms with E-state index in [4.69, 9.17) is 9.94 Å².